The lowest BCUT2D eigenvalue weighted by Crippen LogP contribution is -2.36. The van der Waals surface area contributed by atoms with Gasteiger partial charge in [0.05, 0.1) is 28.8 Å². The van der Waals surface area contributed by atoms with E-state index in [4.69, 9.17) is 0 Å². The third-order valence-electron chi connectivity index (χ3n) is 3.23. The highest BCUT2D eigenvalue weighted by atomic mass is 19.1. The second-order valence-electron chi connectivity index (χ2n) is 4.52. The monoisotopic (exact) mass is 254 g/mol. The highest BCUT2D eigenvalue weighted by Gasteiger charge is 2.24. The minimum Gasteiger partial charge on any atom is -0.391 e. The van der Waals surface area contributed by atoms with Crippen molar-refractivity contribution in [2.24, 2.45) is 0 Å². The molecule has 1 saturated carbocycles. The Morgan fingerprint density at radius 1 is 1.39 bits per heavy atom. The molecule has 0 bridgehead atoms. The van der Waals surface area contributed by atoms with Crippen molar-refractivity contribution in [1.82, 2.24) is 0 Å². The van der Waals surface area contributed by atoms with Gasteiger partial charge in [-0.05, 0) is 18.9 Å². The minimum atomic E-state index is -0.665. The molecular weight excluding hydrogens is 239 g/mol. The zero-order valence-electron chi connectivity index (χ0n) is 9.80. The van der Waals surface area contributed by atoms with Gasteiger partial charge in [-0.1, -0.05) is 12.8 Å². The van der Waals surface area contributed by atoms with Crippen LogP contribution in [0.25, 0.3) is 0 Å². The van der Waals surface area contributed by atoms with E-state index in [1.54, 1.807) is 0 Å². The summed E-state index contributed by atoms with van der Waals surface area (Å²) in [4.78, 5) is 9.85. The number of nitro groups is 1. The van der Waals surface area contributed by atoms with Gasteiger partial charge in [0.1, 0.15) is 0 Å². The fourth-order valence-corrected chi connectivity index (χ4v) is 2.21. The third-order valence-corrected chi connectivity index (χ3v) is 3.23. The summed E-state index contributed by atoms with van der Waals surface area (Å²) < 4.78 is 13.6. The zero-order chi connectivity index (χ0) is 13.1. The van der Waals surface area contributed by atoms with E-state index in [0.29, 0.717) is 6.42 Å². The first-order chi connectivity index (χ1) is 8.58. The maximum Gasteiger partial charge on any atom is 0.272 e. The molecule has 1 aromatic carbocycles. The molecule has 0 spiro atoms. The Hall–Kier alpha value is -1.69. The summed E-state index contributed by atoms with van der Waals surface area (Å²) in [5.41, 5.74) is -0.0752. The van der Waals surface area contributed by atoms with Gasteiger partial charge in [0.25, 0.3) is 5.69 Å². The molecule has 6 heteroatoms. The average molecular weight is 254 g/mol. The lowest BCUT2D eigenvalue weighted by Gasteiger charge is -2.29. The Balaban J connectivity index is 2.11. The molecule has 5 nitrogen and oxygen atoms in total. The molecule has 0 saturated heterocycles. The number of nitro benzene ring substituents is 1. The number of hydrogen-bond acceptors (Lipinski definition) is 4. The van der Waals surface area contributed by atoms with Gasteiger partial charge < -0.3 is 10.4 Å². The van der Waals surface area contributed by atoms with E-state index in [0.717, 1.165) is 25.3 Å². The molecule has 0 heterocycles. The van der Waals surface area contributed by atoms with Crippen LogP contribution >= 0.6 is 0 Å². The van der Waals surface area contributed by atoms with Gasteiger partial charge >= 0.3 is 0 Å². The molecule has 2 rings (SSSR count). The average Bonchev–Trinajstić information content (AvgIpc) is 2.34. The predicted molar refractivity (Wildman–Crippen MR) is 64.9 cm³/mol. The van der Waals surface area contributed by atoms with Crippen LogP contribution in [0.4, 0.5) is 15.8 Å². The van der Waals surface area contributed by atoms with E-state index in [2.05, 4.69) is 5.32 Å². The highest BCUT2D eigenvalue weighted by molar-refractivity contribution is 5.50. The van der Waals surface area contributed by atoms with Crippen LogP contribution in [0.3, 0.4) is 0 Å². The molecule has 0 aromatic heterocycles. The normalized spacial score (nSPS) is 23.7. The molecule has 0 unspecified atom stereocenters. The fourth-order valence-electron chi connectivity index (χ4n) is 2.21. The Morgan fingerprint density at radius 3 is 2.72 bits per heavy atom. The van der Waals surface area contributed by atoms with Crippen molar-refractivity contribution in [2.45, 2.75) is 37.8 Å². The first-order valence-corrected chi connectivity index (χ1v) is 5.96. The van der Waals surface area contributed by atoms with Crippen LogP contribution in [0, 0.1) is 15.9 Å². The summed E-state index contributed by atoms with van der Waals surface area (Å²) in [5, 5.41) is 23.2. The molecule has 2 atom stereocenters. The van der Waals surface area contributed by atoms with Crippen LogP contribution in [0.5, 0.6) is 0 Å². The van der Waals surface area contributed by atoms with Crippen molar-refractivity contribution in [3.05, 3.63) is 34.1 Å². The van der Waals surface area contributed by atoms with Crippen LogP contribution in [0.1, 0.15) is 25.7 Å². The van der Waals surface area contributed by atoms with E-state index in [-0.39, 0.29) is 17.4 Å². The molecule has 1 aromatic rings. The van der Waals surface area contributed by atoms with E-state index >= 15 is 0 Å². The number of nitrogens with zero attached hydrogens (tertiary/aromatic N) is 1. The van der Waals surface area contributed by atoms with Crippen molar-refractivity contribution in [3.63, 3.8) is 0 Å². The van der Waals surface area contributed by atoms with Crippen molar-refractivity contribution in [3.8, 4) is 0 Å². The maximum atomic E-state index is 13.6. The number of nitrogens with one attached hydrogen (secondary N) is 1. The summed E-state index contributed by atoms with van der Waals surface area (Å²) in [6, 6.07) is 3.29. The molecule has 98 valence electrons. The number of non-ortho nitro benzene ring substituents is 1. The van der Waals surface area contributed by atoms with Crippen LogP contribution in [0.2, 0.25) is 0 Å². The number of aliphatic hydroxyl groups excluding tert-OH is 1. The summed E-state index contributed by atoms with van der Waals surface area (Å²) in [6.07, 6.45) is 2.95. The molecule has 1 fully saturated rings. The first kappa shape index (κ1) is 12.8. The lowest BCUT2D eigenvalue weighted by atomic mass is 9.92. The molecule has 2 N–H and O–H groups in total. The first-order valence-electron chi connectivity index (χ1n) is 5.96. The quantitative estimate of drug-likeness (QED) is 0.641. The summed E-state index contributed by atoms with van der Waals surface area (Å²) in [7, 11) is 0. The Labute approximate surface area is 104 Å². The smallest absolute Gasteiger partial charge is 0.272 e. The molecule has 1 aliphatic carbocycles. The number of rotatable bonds is 3. The maximum absolute atomic E-state index is 13.6. The minimum absolute atomic E-state index is 0.185. The van der Waals surface area contributed by atoms with Crippen molar-refractivity contribution in [2.75, 3.05) is 5.32 Å². The van der Waals surface area contributed by atoms with Crippen LogP contribution in [-0.4, -0.2) is 22.2 Å². The van der Waals surface area contributed by atoms with Crippen LogP contribution < -0.4 is 5.32 Å². The molecule has 18 heavy (non-hydrogen) atoms. The van der Waals surface area contributed by atoms with Crippen molar-refractivity contribution >= 4 is 11.4 Å². The summed E-state index contributed by atoms with van der Waals surface area (Å²) >= 11 is 0. The van der Waals surface area contributed by atoms with E-state index in [1.807, 2.05) is 0 Å². The SMILES string of the molecule is O=[N+]([O-])c1ccc(N[C@H]2CCCC[C@@H]2O)c(F)c1. The van der Waals surface area contributed by atoms with Crippen molar-refractivity contribution < 1.29 is 14.4 Å². The van der Waals surface area contributed by atoms with Crippen molar-refractivity contribution in [1.29, 1.82) is 0 Å². The number of hydrogen-bond donors (Lipinski definition) is 2. The third kappa shape index (κ3) is 2.76. The molecular formula is C12H15FN2O3. The zero-order valence-corrected chi connectivity index (χ0v) is 9.80. The standard InChI is InChI=1S/C12H15FN2O3/c13-9-7-8(15(17)18)5-6-10(9)14-11-3-1-2-4-12(11)16/h5-7,11-12,14,16H,1-4H2/t11-,12-/m0/s1. The lowest BCUT2D eigenvalue weighted by molar-refractivity contribution is -0.385. The van der Waals surface area contributed by atoms with Gasteiger partial charge in [0.2, 0.25) is 0 Å². The van der Waals surface area contributed by atoms with Gasteiger partial charge in [-0.2, -0.15) is 0 Å². The number of anilines is 1. The van der Waals surface area contributed by atoms with E-state index < -0.39 is 16.8 Å². The summed E-state index contributed by atoms with van der Waals surface area (Å²) in [5.74, 6) is -0.665. The Morgan fingerprint density at radius 2 is 2.11 bits per heavy atom. The largest absolute Gasteiger partial charge is 0.391 e. The number of halogens is 1. The Kier molecular flexibility index (Phi) is 3.76. The second-order valence-corrected chi connectivity index (χ2v) is 4.52. The van der Waals surface area contributed by atoms with Crippen LogP contribution in [0.15, 0.2) is 18.2 Å². The van der Waals surface area contributed by atoms with E-state index in [1.165, 1.54) is 12.1 Å². The number of aliphatic hydroxyl groups is 1. The topological polar surface area (TPSA) is 75.4 Å². The number of benzene rings is 1. The predicted octanol–water partition coefficient (Wildman–Crippen LogP) is 2.45. The Bertz CT molecular complexity index is 453. The molecule has 1 aliphatic rings. The molecule has 0 amide bonds. The second kappa shape index (κ2) is 5.30. The van der Waals surface area contributed by atoms with Gasteiger partial charge in [-0.25, -0.2) is 4.39 Å². The fraction of sp³-hybridized carbons (Fsp3) is 0.500. The van der Waals surface area contributed by atoms with Gasteiger partial charge in [0, 0.05) is 6.07 Å². The molecule has 0 aliphatic heterocycles. The highest BCUT2D eigenvalue weighted by Crippen LogP contribution is 2.25. The van der Waals surface area contributed by atoms with Gasteiger partial charge in [0.15, 0.2) is 5.82 Å². The van der Waals surface area contributed by atoms with Crippen LogP contribution in [-0.2, 0) is 0 Å². The van der Waals surface area contributed by atoms with Gasteiger partial charge in [-0.3, -0.25) is 10.1 Å². The summed E-state index contributed by atoms with van der Waals surface area (Å²) in [6.45, 7) is 0. The van der Waals surface area contributed by atoms with E-state index in [9.17, 15) is 19.6 Å². The van der Waals surface area contributed by atoms with Gasteiger partial charge in [-0.15, -0.1) is 0 Å². The molecule has 0 radical (unpaired) electrons.